The highest BCUT2D eigenvalue weighted by Gasteiger charge is 2.19. The maximum atomic E-state index is 12.2. The van der Waals surface area contributed by atoms with Crippen molar-refractivity contribution in [3.63, 3.8) is 0 Å². The van der Waals surface area contributed by atoms with E-state index in [-0.39, 0.29) is 5.91 Å². The van der Waals surface area contributed by atoms with Gasteiger partial charge in [0.25, 0.3) is 5.91 Å². The lowest BCUT2D eigenvalue weighted by Gasteiger charge is -2.20. The third-order valence-corrected chi connectivity index (χ3v) is 3.90. The highest BCUT2D eigenvalue weighted by Crippen LogP contribution is 2.18. The highest BCUT2D eigenvalue weighted by molar-refractivity contribution is 5.81. The average Bonchev–Trinajstić information content (AvgIpc) is 2.70. The van der Waals surface area contributed by atoms with Crippen LogP contribution >= 0.6 is 0 Å². The van der Waals surface area contributed by atoms with Gasteiger partial charge in [-0.2, -0.15) is 0 Å². The first-order chi connectivity index (χ1) is 9.65. The SMILES string of the molecule is Cc1ccc(OC(C)C(=O)NC2CCCCCC2)cc1. The van der Waals surface area contributed by atoms with Crippen LogP contribution in [0, 0.1) is 6.92 Å². The van der Waals surface area contributed by atoms with Crippen LogP contribution in [0.3, 0.4) is 0 Å². The molecule has 0 aliphatic heterocycles. The van der Waals surface area contributed by atoms with E-state index in [1.165, 1.54) is 31.2 Å². The van der Waals surface area contributed by atoms with Crippen LogP contribution in [-0.4, -0.2) is 18.1 Å². The molecule has 1 aromatic carbocycles. The standard InChI is InChI=1S/C17H25NO2/c1-13-9-11-16(12-10-13)20-14(2)17(19)18-15-7-5-3-4-6-8-15/h9-12,14-15H,3-8H2,1-2H3,(H,18,19). The summed E-state index contributed by atoms with van der Waals surface area (Å²) in [6, 6.07) is 8.13. The van der Waals surface area contributed by atoms with Crippen molar-refractivity contribution in [3.05, 3.63) is 29.8 Å². The predicted octanol–water partition coefficient (Wildman–Crippen LogP) is 3.60. The second-order valence-corrected chi connectivity index (χ2v) is 5.77. The Balaban J connectivity index is 1.83. The summed E-state index contributed by atoms with van der Waals surface area (Å²) in [7, 11) is 0. The number of carbonyl (C=O) groups excluding carboxylic acids is 1. The zero-order valence-electron chi connectivity index (χ0n) is 12.5. The number of carbonyl (C=O) groups is 1. The molecule has 0 aromatic heterocycles. The van der Waals surface area contributed by atoms with Gasteiger partial charge in [-0.3, -0.25) is 4.79 Å². The second kappa shape index (κ2) is 7.32. The molecule has 1 fully saturated rings. The molecule has 3 heteroatoms. The van der Waals surface area contributed by atoms with Gasteiger partial charge in [0.2, 0.25) is 0 Å². The Kier molecular flexibility index (Phi) is 5.45. The minimum Gasteiger partial charge on any atom is -0.481 e. The molecule has 0 spiro atoms. The van der Waals surface area contributed by atoms with Gasteiger partial charge in [0.15, 0.2) is 6.10 Å². The van der Waals surface area contributed by atoms with Gasteiger partial charge in [0.1, 0.15) is 5.75 Å². The van der Waals surface area contributed by atoms with Crippen LogP contribution in [0.1, 0.15) is 51.0 Å². The number of amides is 1. The predicted molar refractivity (Wildman–Crippen MR) is 80.9 cm³/mol. The summed E-state index contributed by atoms with van der Waals surface area (Å²) >= 11 is 0. The van der Waals surface area contributed by atoms with E-state index in [0.717, 1.165) is 18.6 Å². The normalized spacial score (nSPS) is 18.1. The summed E-state index contributed by atoms with van der Waals surface area (Å²) < 4.78 is 5.69. The van der Waals surface area contributed by atoms with E-state index in [1.807, 2.05) is 38.1 Å². The summed E-state index contributed by atoms with van der Waals surface area (Å²) in [6.45, 7) is 3.85. The first-order valence-corrected chi connectivity index (χ1v) is 7.69. The van der Waals surface area contributed by atoms with Gasteiger partial charge in [0.05, 0.1) is 0 Å². The van der Waals surface area contributed by atoms with Gasteiger partial charge < -0.3 is 10.1 Å². The zero-order valence-corrected chi connectivity index (χ0v) is 12.5. The fourth-order valence-corrected chi connectivity index (χ4v) is 2.62. The fraction of sp³-hybridized carbons (Fsp3) is 0.588. The molecule has 0 radical (unpaired) electrons. The maximum Gasteiger partial charge on any atom is 0.260 e. The van der Waals surface area contributed by atoms with E-state index in [4.69, 9.17) is 4.74 Å². The average molecular weight is 275 g/mol. The first-order valence-electron chi connectivity index (χ1n) is 7.69. The van der Waals surface area contributed by atoms with E-state index in [0.29, 0.717) is 6.04 Å². The molecule has 2 rings (SSSR count). The van der Waals surface area contributed by atoms with Crippen molar-refractivity contribution in [3.8, 4) is 5.75 Å². The Bertz CT molecular complexity index is 419. The summed E-state index contributed by atoms with van der Waals surface area (Å²) in [4.78, 5) is 12.2. The summed E-state index contributed by atoms with van der Waals surface area (Å²) in [5.74, 6) is 0.747. The molecule has 1 N–H and O–H groups in total. The van der Waals surface area contributed by atoms with Crippen LogP contribution in [0.15, 0.2) is 24.3 Å². The zero-order chi connectivity index (χ0) is 14.4. The lowest BCUT2D eigenvalue weighted by Crippen LogP contribution is -2.42. The molecular formula is C17H25NO2. The van der Waals surface area contributed by atoms with Crippen LogP contribution in [0.25, 0.3) is 0 Å². The second-order valence-electron chi connectivity index (χ2n) is 5.77. The number of nitrogens with one attached hydrogen (secondary N) is 1. The van der Waals surface area contributed by atoms with Crippen LogP contribution in [0.2, 0.25) is 0 Å². The van der Waals surface area contributed by atoms with E-state index < -0.39 is 6.10 Å². The molecule has 1 amide bonds. The minimum absolute atomic E-state index is 0.00234. The molecule has 1 atom stereocenters. The molecule has 0 bridgehead atoms. The Morgan fingerprint density at radius 1 is 1.15 bits per heavy atom. The Labute approximate surface area is 121 Å². The van der Waals surface area contributed by atoms with E-state index in [2.05, 4.69) is 5.32 Å². The minimum atomic E-state index is -0.444. The Hall–Kier alpha value is -1.51. The van der Waals surface area contributed by atoms with Crippen molar-refractivity contribution in [1.82, 2.24) is 5.32 Å². The molecule has 3 nitrogen and oxygen atoms in total. The summed E-state index contributed by atoms with van der Waals surface area (Å²) in [5.41, 5.74) is 1.19. The van der Waals surface area contributed by atoms with Gasteiger partial charge in [-0.15, -0.1) is 0 Å². The van der Waals surface area contributed by atoms with Crippen molar-refractivity contribution in [2.45, 2.75) is 64.5 Å². The number of hydrogen-bond donors (Lipinski definition) is 1. The number of aryl methyl sites for hydroxylation is 1. The third kappa shape index (κ3) is 4.55. The highest BCUT2D eigenvalue weighted by atomic mass is 16.5. The van der Waals surface area contributed by atoms with Crippen molar-refractivity contribution in [2.75, 3.05) is 0 Å². The number of rotatable bonds is 4. The maximum absolute atomic E-state index is 12.2. The van der Waals surface area contributed by atoms with E-state index >= 15 is 0 Å². The molecule has 1 aliphatic rings. The van der Waals surface area contributed by atoms with Crippen molar-refractivity contribution < 1.29 is 9.53 Å². The molecule has 0 saturated heterocycles. The van der Waals surface area contributed by atoms with Gasteiger partial charge in [-0.25, -0.2) is 0 Å². The number of ether oxygens (including phenoxy) is 1. The fourth-order valence-electron chi connectivity index (χ4n) is 2.62. The lowest BCUT2D eigenvalue weighted by atomic mass is 10.1. The van der Waals surface area contributed by atoms with E-state index in [1.54, 1.807) is 0 Å². The molecule has 20 heavy (non-hydrogen) atoms. The molecule has 1 aliphatic carbocycles. The molecule has 1 saturated carbocycles. The smallest absolute Gasteiger partial charge is 0.260 e. The Morgan fingerprint density at radius 2 is 1.75 bits per heavy atom. The largest absolute Gasteiger partial charge is 0.481 e. The molecule has 1 unspecified atom stereocenters. The lowest BCUT2D eigenvalue weighted by molar-refractivity contribution is -0.128. The molecule has 1 aromatic rings. The Morgan fingerprint density at radius 3 is 2.35 bits per heavy atom. The van der Waals surface area contributed by atoms with Crippen LogP contribution in [0.5, 0.6) is 5.75 Å². The van der Waals surface area contributed by atoms with Crippen molar-refractivity contribution in [1.29, 1.82) is 0 Å². The van der Waals surface area contributed by atoms with Crippen LogP contribution in [0.4, 0.5) is 0 Å². The number of hydrogen-bond acceptors (Lipinski definition) is 2. The quantitative estimate of drug-likeness (QED) is 0.853. The van der Waals surface area contributed by atoms with Gasteiger partial charge in [-0.05, 0) is 38.8 Å². The van der Waals surface area contributed by atoms with Crippen LogP contribution < -0.4 is 10.1 Å². The van der Waals surface area contributed by atoms with Gasteiger partial charge >= 0.3 is 0 Å². The van der Waals surface area contributed by atoms with Gasteiger partial charge in [0, 0.05) is 6.04 Å². The van der Waals surface area contributed by atoms with Crippen LogP contribution in [-0.2, 0) is 4.79 Å². The topological polar surface area (TPSA) is 38.3 Å². The summed E-state index contributed by atoms with van der Waals surface area (Å²) in [5, 5.41) is 3.13. The molecule has 110 valence electrons. The molecule has 0 heterocycles. The van der Waals surface area contributed by atoms with Crippen molar-refractivity contribution >= 4 is 5.91 Å². The molecular weight excluding hydrogens is 250 g/mol. The van der Waals surface area contributed by atoms with Crippen molar-refractivity contribution in [2.24, 2.45) is 0 Å². The summed E-state index contributed by atoms with van der Waals surface area (Å²) in [6.07, 6.45) is 6.78. The monoisotopic (exact) mass is 275 g/mol. The number of benzene rings is 1. The van der Waals surface area contributed by atoms with Gasteiger partial charge in [-0.1, -0.05) is 43.4 Å². The third-order valence-electron chi connectivity index (χ3n) is 3.90. The van der Waals surface area contributed by atoms with E-state index in [9.17, 15) is 4.79 Å². The first kappa shape index (κ1) is 14.9.